The van der Waals surface area contributed by atoms with Crippen LogP contribution in [-0.2, 0) is 5.75 Å². The van der Waals surface area contributed by atoms with Crippen LogP contribution in [0.25, 0.3) is 0 Å². The van der Waals surface area contributed by atoms with Gasteiger partial charge in [-0.2, -0.15) is 0 Å². The SMILES string of the molecule is C[C@H]1NC(SCc2ccc(Cl)c(Cl)c2)=N[C@H]1c1ccccc1. The molecule has 0 radical (unpaired) electrons. The summed E-state index contributed by atoms with van der Waals surface area (Å²) in [5.74, 6) is 0.816. The molecule has 1 N–H and O–H groups in total. The molecule has 0 unspecified atom stereocenters. The van der Waals surface area contributed by atoms with E-state index in [1.165, 1.54) is 5.56 Å². The van der Waals surface area contributed by atoms with Crippen molar-refractivity contribution in [2.24, 2.45) is 4.99 Å². The summed E-state index contributed by atoms with van der Waals surface area (Å²) in [6.07, 6.45) is 0. The molecule has 2 nitrogen and oxygen atoms in total. The fraction of sp³-hybridized carbons (Fsp3) is 0.235. The maximum atomic E-state index is 6.05. The number of nitrogens with one attached hydrogen (secondary N) is 1. The fourth-order valence-corrected chi connectivity index (χ4v) is 3.68. The maximum Gasteiger partial charge on any atom is 0.157 e. The molecular formula is C17H16Cl2N2S. The highest BCUT2D eigenvalue weighted by atomic mass is 35.5. The zero-order valence-electron chi connectivity index (χ0n) is 12.1. The lowest BCUT2D eigenvalue weighted by atomic mass is 10.0. The first kappa shape index (κ1) is 15.7. The minimum Gasteiger partial charge on any atom is -0.360 e. The van der Waals surface area contributed by atoms with Gasteiger partial charge in [0, 0.05) is 5.75 Å². The number of aliphatic imine (C=N–C) groups is 1. The van der Waals surface area contributed by atoms with E-state index in [0.717, 1.165) is 16.5 Å². The van der Waals surface area contributed by atoms with E-state index in [4.69, 9.17) is 28.2 Å². The Morgan fingerprint density at radius 1 is 1.09 bits per heavy atom. The Bertz CT molecular complexity index is 688. The smallest absolute Gasteiger partial charge is 0.157 e. The van der Waals surface area contributed by atoms with Crippen molar-refractivity contribution in [1.82, 2.24) is 5.32 Å². The quantitative estimate of drug-likeness (QED) is 0.810. The molecule has 0 fully saturated rings. The number of hydrogen-bond donors (Lipinski definition) is 1. The molecule has 0 bridgehead atoms. The zero-order valence-corrected chi connectivity index (χ0v) is 14.4. The molecule has 3 rings (SSSR count). The lowest BCUT2D eigenvalue weighted by molar-refractivity contribution is 0.589. The molecule has 1 heterocycles. The molecule has 22 heavy (non-hydrogen) atoms. The Hall–Kier alpha value is -1.16. The van der Waals surface area contributed by atoms with Crippen molar-refractivity contribution in [3.8, 4) is 0 Å². The van der Waals surface area contributed by atoms with Crippen molar-refractivity contribution in [3.63, 3.8) is 0 Å². The molecule has 5 heteroatoms. The Kier molecular flexibility index (Phi) is 4.97. The average molecular weight is 351 g/mol. The normalized spacial score (nSPS) is 20.6. The number of halogens is 2. The van der Waals surface area contributed by atoms with E-state index in [9.17, 15) is 0 Å². The fourth-order valence-electron chi connectivity index (χ4n) is 2.42. The van der Waals surface area contributed by atoms with E-state index in [1.807, 2.05) is 24.3 Å². The van der Waals surface area contributed by atoms with Crippen LogP contribution in [0.3, 0.4) is 0 Å². The summed E-state index contributed by atoms with van der Waals surface area (Å²) < 4.78 is 0. The average Bonchev–Trinajstić information content (AvgIpc) is 2.90. The maximum absolute atomic E-state index is 6.05. The van der Waals surface area contributed by atoms with E-state index in [1.54, 1.807) is 11.8 Å². The molecular weight excluding hydrogens is 335 g/mol. The summed E-state index contributed by atoms with van der Waals surface area (Å²) in [5, 5.41) is 5.61. The number of nitrogens with zero attached hydrogens (tertiary/aromatic N) is 1. The van der Waals surface area contributed by atoms with Crippen molar-refractivity contribution >= 4 is 40.1 Å². The number of thioether (sulfide) groups is 1. The Labute approximate surface area is 144 Å². The van der Waals surface area contributed by atoms with Crippen molar-refractivity contribution in [1.29, 1.82) is 0 Å². The lowest BCUT2D eigenvalue weighted by Gasteiger charge is -2.13. The molecule has 0 aromatic heterocycles. The number of amidine groups is 1. The van der Waals surface area contributed by atoms with Crippen LogP contribution in [0.15, 0.2) is 53.5 Å². The molecule has 2 atom stereocenters. The summed E-state index contributed by atoms with van der Waals surface area (Å²) in [6, 6.07) is 16.6. The van der Waals surface area contributed by atoms with Gasteiger partial charge in [-0.05, 0) is 30.2 Å². The molecule has 1 aliphatic rings. The second-order valence-electron chi connectivity index (χ2n) is 5.26. The summed E-state index contributed by atoms with van der Waals surface area (Å²) in [6.45, 7) is 2.16. The first-order valence-corrected chi connectivity index (χ1v) is 8.83. The summed E-state index contributed by atoms with van der Waals surface area (Å²) in [5.41, 5.74) is 2.38. The van der Waals surface area contributed by atoms with Gasteiger partial charge in [0.15, 0.2) is 5.17 Å². The van der Waals surface area contributed by atoms with E-state index in [0.29, 0.717) is 16.1 Å². The molecule has 0 saturated carbocycles. The molecule has 2 aromatic carbocycles. The molecule has 0 aliphatic carbocycles. The van der Waals surface area contributed by atoms with Crippen LogP contribution >= 0.6 is 35.0 Å². The number of benzene rings is 2. The standard InChI is InChI=1S/C17H16Cl2N2S/c1-11-16(13-5-3-2-4-6-13)21-17(20-11)22-10-12-7-8-14(18)15(19)9-12/h2-9,11,16H,10H2,1H3,(H,20,21)/t11-,16-/m1/s1. The van der Waals surface area contributed by atoms with Crippen LogP contribution < -0.4 is 5.32 Å². The highest BCUT2D eigenvalue weighted by Crippen LogP contribution is 2.30. The van der Waals surface area contributed by atoms with Crippen molar-refractivity contribution in [2.45, 2.75) is 24.8 Å². The third kappa shape index (κ3) is 3.60. The molecule has 0 amide bonds. The van der Waals surface area contributed by atoms with Gasteiger partial charge in [-0.15, -0.1) is 0 Å². The second-order valence-corrected chi connectivity index (χ2v) is 7.04. The van der Waals surface area contributed by atoms with Crippen molar-refractivity contribution in [2.75, 3.05) is 0 Å². The van der Waals surface area contributed by atoms with Gasteiger partial charge in [-0.1, -0.05) is 71.4 Å². The molecule has 1 aliphatic heterocycles. The third-order valence-corrected chi connectivity index (χ3v) is 5.30. The highest BCUT2D eigenvalue weighted by Gasteiger charge is 2.26. The van der Waals surface area contributed by atoms with Crippen molar-refractivity contribution in [3.05, 3.63) is 69.7 Å². The van der Waals surface area contributed by atoms with Crippen LogP contribution in [0.4, 0.5) is 0 Å². The first-order chi connectivity index (χ1) is 10.6. The van der Waals surface area contributed by atoms with E-state index < -0.39 is 0 Å². The molecule has 114 valence electrons. The van der Waals surface area contributed by atoms with E-state index in [2.05, 4.69) is 36.5 Å². The second kappa shape index (κ2) is 6.95. The van der Waals surface area contributed by atoms with Gasteiger partial charge in [-0.25, -0.2) is 0 Å². The van der Waals surface area contributed by atoms with Crippen LogP contribution in [0.1, 0.15) is 24.1 Å². The van der Waals surface area contributed by atoms with Crippen LogP contribution in [0, 0.1) is 0 Å². The van der Waals surface area contributed by atoms with Gasteiger partial charge >= 0.3 is 0 Å². The minimum absolute atomic E-state index is 0.178. The monoisotopic (exact) mass is 350 g/mol. The first-order valence-electron chi connectivity index (χ1n) is 7.09. The lowest BCUT2D eigenvalue weighted by Crippen LogP contribution is -2.27. The number of hydrogen-bond acceptors (Lipinski definition) is 3. The van der Waals surface area contributed by atoms with Crippen LogP contribution in [0.5, 0.6) is 0 Å². The van der Waals surface area contributed by atoms with E-state index in [-0.39, 0.29) is 6.04 Å². The largest absolute Gasteiger partial charge is 0.360 e. The Morgan fingerprint density at radius 2 is 1.86 bits per heavy atom. The van der Waals surface area contributed by atoms with Gasteiger partial charge in [0.2, 0.25) is 0 Å². The topological polar surface area (TPSA) is 24.4 Å². The van der Waals surface area contributed by atoms with Crippen LogP contribution in [0.2, 0.25) is 10.0 Å². The van der Waals surface area contributed by atoms with Gasteiger partial charge in [-0.3, -0.25) is 4.99 Å². The predicted molar refractivity (Wildman–Crippen MR) is 97.0 cm³/mol. The third-order valence-electron chi connectivity index (χ3n) is 3.58. The van der Waals surface area contributed by atoms with Gasteiger partial charge in [0.1, 0.15) is 0 Å². The van der Waals surface area contributed by atoms with Gasteiger partial charge < -0.3 is 5.32 Å². The Balaban J connectivity index is 1.67. The van der Waals surface area contributed by atoms with Gasteiger partial charge in [0.25, 0.3) is 0 Å². The predicted octanol–water partition coefficient (Wildman–Crippen LogP) is 5.32. The molecule has 0 saturated heterocycles. The van der Waals surface area contributed by atoms with Crippen molar-refractivity contribution < 1.29 is 0 Å². The summed E-state index contributed by atoms with van der Waals surface area (Å²) >= 11 is 13.7. The minimum atomic E-state index is 0.178. The summed E-state index contributed by atoms with van der Waals surface area (Å²) in [4.78, 5) is 4.80. The van der Waals surface area contributed by atoms with Crippen LogP contribution in [-0.4, -0.2) is 11.2 Å². The zero-order chi connectivity index (χ0) is 15.5. The number of rotatable bonds is 3. The highest BCUT2D eigenvalue weighted by molar-refractivity contribution is 8.13. The summed E-state index contributed by atoms with van der Waals surface area (Å²) in [7, 11) is 0. The molecule has 0 spiro atoms. The van der Waals surface area contributed by atoms with E-state index >= 15 is 0 Å². The molecule has 2 aromatic rings. The Morgan fingerprint density at radius 3 is 2.59 bits per heavy atom. The van der Waals surface area contributed by atoms with Gasteiger partial charge in [0.05, 0.1) is 22.1 Å².